The second-order valence-corrected chi connectivity index (χ2v) is 4.59. The molecule has 0 bridgehead atoms. The largest absolute Gasteiger partial charge is 0.496 e. The lowest BCUT2D eigenvalue weighted by molar-refractivity contribution is 0.0693. The van der Waals surface area contributed by atoms with E-state index in [9.17, 15) is 9.18 Å². The number of halogens is 1. The number of carboxylic acids is 1. The number of hydrogen-bond acceptors (Lipinski definition) is 7. The first-order valence-electron chi connectivity index (χ1n) is 6.85. The highest BCUT2D eigenvalue weighted by atomic mass is 19.1. The molecule has 24 heavy (non-hydrogen) atoms. The minimum Gasteiger partial charge on any atom is -0.496 e. The second-order valence-electron chi connectivity index (χ2n) is 4.59. The zero-order valence-electron chi connectivity index (χ0n) is 12.8. The summed E-state index contributed by atoms with van der Waals surface area (Å²) in [5, 5.41) is 14.8. The normalized spacial score (nSPS) is 10.6. The Labute approximate surface area is 137 Å². The van der Waals surface area contributed by atoms with Gasteiger partial charge in [-0.25, -0.2) is 14.2 Å². The standard InChI is InChI=1S/C15H16FN5O3/c1-24-12-7-9(3-4-10(12)14(22)23)20-15-19-8-11(17)13(21-15)18-6-2-5-16/h2-5,7-8H,6,17H2,1H3,(H,22,23)(H2,18,19,20,21)/b5-2+. The third-order valence-electron chi connectivity index (χ3n) is 2.98. The average Bonchev–Trinajstić information content (AvgIpc) is 2.57. The first-order valence-corrected chi connectivity index (χ1v) is 6.85. The molecule has 0 saturated carbocycles. The fraction of sp³-hybridized carbons (Fsp3) is 0.133. The van der Waals surface area contributed by atoms with Crippen LogP contribution in [0.25, 0.3) is 0 Å². The van der Waals surface area contributed by atoms with Crippen molar-refractivity contribution in [2.24, 2.45) is 0 Å². The average molecular weight is 333 g/mol. The van der Waals surface area contributed by atoms with Gasteiger partial charge in [0.05, 0.1) is 25.3 Å². The molecule has 0 aliphatic heterocycles. The maximum absolute atomic E-state index is 12.0. The van der Waals surface area contributed by atoms with E-state index in [-0.39, 0.29) is 23.8 Å². The Morgan fingerprint density at radius 3 is 2.96 bits per heavy atom. The van der Waals surface area contributed by atoms with Crippen molar-refractivity contribution in [2.75, 3.05) is 30.0 Å². The lowest BCUT2D eigenvalue weighted by Crippen LogP contribution is -2.07. The van der Waals surface area contributed by atoms with E-state index in [2.05, 4.69) is 20.6 Å². The van der Waals surface area contributed by atoms with Crippen molar-refractivity contribution in [1.29, 1.82) is 0 Å². The van der Waals surface area contributed by atoms with Crippen LogP contribution in [0.1, 0.15) is 10.4 Å². The van der Waals surface area contributed by atoms with Crippen molar-refractivity contribution in [1.82, 2.24) is 9.97 Å². The van der Waals surface area contributed by atoms with Gasteiger partial charge in [-0.1, -0.05) is 0 Å². The van der Waals surface area contributed by atoms with Crippen LogP contribution in [0.15, 0.2) is 36.8 Å². The van der Waals surface area contributed by atoms with Crippen molar-refractivity contribution in [3.8, 4) is 5.75 Å². The van der Waals surface area contributed by atoms with E-state index < -0.39 is 5.97 Å². The minimum atomic E-state index is -1.09. The molecule has 0 fully saturated rings. The van der Waals surface area contributed by atoms with Crippen LogP contribution < -0.4 is 21.1 Å². The van der Waals surface area contributed by atoms with Gasteiger partial charge in [-0.05, 0) is 18.2 Å². The predicted octanol–water partition coefficient (Wildman–Crippen LogP) is 2.40. The summed E-state index contributed by atoms with van der Waals surface area (Å²) in [5.74, 6) is -0.301. The SMILES string of the molecule is COc1cc(Nc2ncc(N)c(NC/C=C/F)n2)ccc1C(=O)O. The van der Waals surface area contributed by atoms with Gasteiger partial charge in [0, 0.05) is 18.3 Å². The fourth-order valence-corrected chi connectivity index (χ4v) is 1.87. The Balaban J connectivity index is 2.21. The van der Waals surface area contributed by atoms with E-state index >= 15 is 0 Å². The van der Waals surface area contributed by atoms with Crippen molar-refractivity contribution >= 4 is 29.1 Å². The number of nitrogen functional groups attached to an aromatic ring is 1. The molecule has 0 aliphatic rings. The van der Waals surface area contributed by atoms with Gasteiger partial charge in [-0.2, -0.15) is 4.98 Å². The number of nitrogens with zero attached hydrogens (tertiary/aromatic N) is 2. The number of nitrogens with two attached hydrogens (primary N) is 1. The summed E-state index contributed by atoms with van der Waals surface area (Å²) in [5.41, 5.74) is 6.64. The van der Waals surface area contributed by atoms with E-state index in [4.69, 9.17) is 15.6 Å². The number of rotatable bonds is 7. The van der Waals surface area contributed by atoms with Gasteiger partial charge < -0.3 is 26.2 Å². The molecule has 0 spiro atoms. The Bertz CT molecular complexity index is 767. The molecule has 0 unspecified atom stereocenters. The van der Waals surface area contributed by atoms with E-state index in [1.165, 1.54) is 31.5 Å². The van der Waals surface area contributed by atoms with Gasteiger partial charge in [-0.3, -0.25) is 0 Å². The van der Waals surface area contributed by atoms with E-state index in [1.54, 1.807) is 6.07 Å². The molecule has 2 rings (SSSR count). The number of methoxy groups -OCH3 is 1. The third kappa shape index (κ3) is 4.09. The molecule has 2 aromatic rings. The van der Waals surface area contributed by atoms with Crippen LogP contribution in [0.3, 0.4) is 0 Å². The van der Waals surface area contributed by atoms with E-state index in [0.717, 1.165) is 0 Å². The van der Waals surface area contributed by atoms with Crippen molar-refractivity contribution in [3.05, 3.63) is 42.4 Å². The Morgan fingerprint density at radius 2 is 2.29 bits per heavy atom. The van der Waals surface area contributed by atoms with Crippen LogP contribution >= 0.6 is 0 Å². The number of carboxylic acid groups (broad SMARTS) is 1. The molecule has 0 aliphatic carbocycles. The molecule has 8 nitrogen and oxygen atoms in total. The Hall–Kier alpha value is -3.36. The third-order valence-corrected chi connectivity index (χ3v) is 2.98. The first kappa shape index (κ1) is 17.0. The number of benzene rings is 1. The molecule has 126 valence electrons. The van der Waals surface area contributed by atoms with Crippen LogP contribution in [-0.4, -0.2) is 34.7 Å². The quantitative estimate of drug-likeness (QED) is 0.609. The highest BCUT2D eigenvalue weighted by molar-refractivity contribution is 5.91. The molecule has 1 aromatic heterocycles. The fourth-order valence-electron chi connectivity index (χ4n) is 1.87. The maximum Gasteiger partial charge on any atom is 0.339 e. The predicted molar refractivity (Wildman–Crippen MR) is 88.4 cm³/mol. The Morgan fingerprint density at radius 1 is 1.50 bits per heavy atom. The van der Waals surface area contributed by atoms with E-state index in [1.807, 2.05) is 0 Å². The molecule has 1 aromatic carbocycles. The van der Waals surface area contributed by atoms with Crippen LogP contribution in [0.2, 0.25) is 0 Å². The van der Waals surface area contributed by atoms with Gasteiger partial charge in [0.2, 0.25) is 5.95 Å². The second kappa shape index (κ2) is 7.77. The number of anilines is 4. The summed E-state index contributed by atoms with van der Waals surface area (Å²) >= 11 is 0. The maximum atomic E-state index is 12.0. The molecule has 9 heteroatoms. The van der Waals surface area contributed by atoms with Crippen LogP contribution in [0, 0.1) is 0 Å². The summed E-state index contributed by atoms with van der Waals surface area (Å²) in [7, 11) is 1.38. The number of aromatic carboxylic acids is 1. The summed E-state index contributed by atoms with van der Waals surface area (Å²) in [4.78, 5) is 19.3. The van der Waals surface area contributed by atoms with Gasteiger partial charge in [-0.15, -0.1) is 0 Å². The number of carbonyl (C=O) groups is 1. The minimum absolute atomic E-state index is 0.0432. The van der Waals surface area contributed by atoms with Gasteiger partial charge >= 0.3 is 5.97 Å². The topological polar surface area (TPSA) is 122 Å². The van der Waals surface area contributed by atoms with Gasteiger partial charge in [0.15, 0.2) is 5.82 Å². The lowest BCUT2D eigenvalue weighted by atomic mass is 10.2. The summed E-state index contributed by atoms with van der Waals surface area (Å²) in [6, 6.07) is 4.48. The highest BCUT2D eigenvalue weighted by Gasteiger charge is 2.12. The number of hydrogen-bond donors (Lipinski definition) is 4. The van der Waals surface area contributed by atoms with Crippen LogP contribution in [0.5, 0.6) is 5.75 Å². The molecule has 0 radical (unpaired) electrons. The molecular formula is C15H16FN5O3. The monoisotopic (exact) mass is 333 g/mol. The lowest BCUT2D eigenvalue weighted by Gasteiger charge is -2.11. The van der Waals surface area contributed by atoms with Gasteiger partial charge in [0.1, 0.15) is 11.3 Å². The number of ether oxygens (including phenoxy) is 1. The van der Waals surface area contributed by atoms with Crippen molar-refractivity contribution in [2.45, 2.75) is 0 Å². The molecule has 0 saturated heterocycles. The van der Waals surface area contributed by atoms with Gasteiger partial charge in [0.25, 0.3) is 0 Å². The molecule has 0 amide bonds. The van der Waals surface area contributed by atoms with E-state index in [0.29, 0.717) is 23.5 Å². The molecule has 0 atom stereocenters. The van der Waals surface area contributed by atoms with Crippen molar-refractivity contribution in [3.63, 3.8) is 0 Å². The Kier molecular flexibility index (Phi) is 5.50. The summed E-state index contributed by atoms with van der Waals surface area (Å²) in [6.07, 6.45) is 3.09. The van der Waals surface area contributed by atoms with Crippen LogP contribution in [0.4, 0.5) is 27.5 Å². The molecule has 5 N–H and O–H groups in total. The zero-order chi connectivity index (χ0) is 17.5. The first-order chi connectivity index (χ1) is 11.5. The number of aromatic nitrogens is 2. The molecule has 1 heterocycles. The highest BCUT2D eigenvalue weighted by Crippen LogP contribution is 2.25. The molecular weight excluding hydrogens is 317 g/mol. The zero-order valence-corrected chi connectivity index (χ0v) is 12.8. The number of nitrogens with one attached hydrogen (secondary N) is 2. The van der Waals surface area contributed by atoms with Crippen molar-refractivity contribution < 1.29 is 19.0 Å². The summed E-state index contributed by atoms with van der Waals surface area (Å²) in [6.45, 7) is 0.221. The smallest absolute Gasteiger partial charge is 0.339 e. The summed E-state index contributed by atoms with van der Waals surface area (Å²) < 4.78 is 17.0. The van der Waals surface area contributed by atoms with Crippen LogP contribution in [-0.2, 0) is 0 Å².